The molecular weight excluding hydrogens is 290 g/mol. The summed E-state index contributed by atoms with van der Waals surface area (Å²) in [5, 5.41) is 9.11. The summed E-state index contributed by atoms with van der Waals surface area (Å²) in [7, 11) is 0. The van der Waals surface area contributed by atoms with Crippen LogP contribution in [0, 0.1) is 0 Å². The zero-order valence-electron chi connectivity index (χ0n) is 12.5. The van der Waals surface area contributed by atoms with Crippen LogP contribution in [0.3, 0.4) is 0 Å². The van der Waals surface area contributed by atoms with Gasteiger partial charge in [-0.25, -0.2) is 0 Å². The summed E-state index contributed by atoms with van der Waals surface area (Å²) in [6, 6.07) is 5.16. The molecule has 1 aromatic carbocycles. The lowest BCUT2D eigenvalue weighted by atomic mass is 10.1. The van der Waals surface area contributed by atoms with Gasteiger partial charge in [0.25, 0.3) is 5.91 Å². The van der Waals surface area contributed by atoms with E-state index >= 15 is 0 Å². The lowest BCUT2D eigenvalue weighted by Gasteiger charge is -2.12. The molecule has 1 rings (SSSR count). The van der Waals surface area contributed by atoms with Crippen molar-refractivity contribution in [2.75, 3.05) is 25.0 Å². The van der Waals surface area contributed by atoms with Crippen molar-refractivity contribution in [3.05, 3.63) is 28.8 Å². The summed E-state index contributed by atoms with van der Waals surface area (Å²) in [5.41, 5.74) is 1.24. The SMILES string of the molecule is CCCNc1ccc(Cl)cc1C(=O)NCCC(=O)NCC. The molecule has 0 aliphatic rings. The van der Waals surface area contributed by atoms with Gasteiger partial charge in [-0.3, -0.25) is 9.59 Å². The summed E-state index contributed by atoms with van der Waals surface area (Å²) in [4.78, 5) is 23.5. The van der Waals surface area contributed by atoms with Gasteiger partial charge < -0.3 is 16.0 Å². The second kappa shape index (κ2) is 9.23. The first kappa shape index (κ1) is 17.3. The second-order valence-corrected chi connectivity index (χ2v) is 5.01. The minimum absolute atomic E-state index is 0.0757. The third kappa shape index (κ3) is 6.04. The van der Waals surface area contributed by atoms with Crippen LogP contribution in [-0.4, -0.2) is 31.4 Å². The van der Waals surface area contributed by atoms with E-state index in [0.717, 1.165) is 18.7 Å². The Balaban J connectivity index is 2.63. The van der Waals surface area contributed by atoms with Gasteiger partial charge in [-0.2, -0.15) is 0 Å². The highest BCUT2D eigenvalue weighted by molar-refractivity contribution is 6.31. The molecule has 21 heavy (non-hydrogen) atoms. The number of nitrogens with one attached hydrogen (secondary N) is 3. The van der Waals surface area contributed by atoms with Crippen LogP contribution in [-0.2, 0) is 4.79 Å². The monoisotopic (exact) mass is 311 g/mol. The molecular formula is C15H22ClN3O2. The van der Waals surface area contributed by atoms with Crippen molar-refractivity contribution in [1.82, 2.24) is 10.6 Å². The molecule has 0 aliphatic carbocycles. The fourth-order valence-corrected chi connectivity index (χ4v) is 1.96. The molecule has 0 spiro atoms. The van der Waals surface area contributed by atoms with Gasteiger partial charge in [0.1, 0.15) is 0 Å². The van der Waals surface area contributed by atoms with Crippen LogP contribution in [0.1, 0.15) is 37.0 Å². The van der Waals surface area contributed by atoms with Crippen molar-refractivity contribution in [2.45, 2.75) is 26.7 Å². The van der Waals surface area contributed by atoms with Gasteiger partial charge in [-0.1, -0.05) is 18.5 Å². The molecule has 1 aromatic rings. The van der Waals surface area contributed by atoms with E-state index in [1.807, 2.05) is 6.92 Å². The van der Waals surface area contributed by atoms with E-state index in [9.17, 15) is 9.59 Å². The third-order valence-corrected chi connectivity index (χ3v) is 3.04. The average molecular weight is 312 g/mol. The van der Waals surface area contributed by atoms with Gasteiger partial charge in [-0.15, -0.1) is 0 Å². The number of halogens is 1. The molecule has 116 valence electrons. The molecule has 0 aliphatic heterocycles. The molecule has 0 fully saturated rings. The molecule has 0 unspecified atom stereocenters. The quantitative estimate of drug-likeness (QED) is 0.690. The number of anilines is 1. The van der Waals surface area contributed by atoms with Crippen LogP contribution in [0.2, 0.25) is 5.02 Å². The predicted molar refractivity (Wildman–Crippen MR) is 85.9 cm³/mol. The molecule has 0 saturated heterocycles. The number of carbonyl (C=O) groups excluding carboxylic acids is 2. The van der Waals surface area contributed by atoms with Crippen LogP contribution >= 0.6 is 11.6 Å². The van der Waals surface area contributed by atoms with E-state index < -0.39 is 0 Å². The average Bonchev–Trinajstić information content (AvgIpc) is 2.46. The highest BCUT2D eigenvalue weighted by Crippen LogP contribution is 2.20. The topological polar surface area (TPSA) is 70.2 Å². The van der Waals surface area contributed by atoms with Crippen molar-refractivity contribution in [1.29, 1.82) is 0 Å². The lowest BCUT2D eigenvalue weighted by Crippen LogP contribution is -2.31. The molecule has 6 heteroatoms. The van der Waals surface area contributed by atoms with Crippen LogP contribution in [0.5, 0.6) is 0 Å². The maximum Gasteiger partial charge on any atom is 0.253 e. The number of rotatable bonds is 8. The smallest absolute Gasteiger partial charge is 0.253 e. The molecule has 0 saturated carbocycles. The van der Waals surface area contributed by atoms with Crippen molar-refractivity contribution in [3.63, 3.8) is 0 Å². The Bertz CT molecular complexity index is 492. The van der Waals surface area contributed by atoms with Gasteiger partial charge in [0, 0.05) is 36.8 Å². The van der Waals surface area contributed by atoms with Crippen molar-refractivity contribution < 1.29 is 9.59 Å². The number of hydrogen-bond acceptors (Lipinski definition) is 3. The lowest BCUT2D eigenvalue weighted by molar-refractivity contribution is -0.120. The molecule has 0 aromatic heterocycles. The zero-order valence-corrected chi connectivity index (χ0v) is 13.2. The maximum atomic E-state index is 12.2. The van der Waals surface area contributed by atoms with Gasteiger partial charge in [0.05, 0.1) is 5.56 Å². The number of hydrogen-bond donors (Lipinski definition) is 3. The Labute approximate surface area is 130 Å². The summed E-state index contributed by atoms with van der Waals surface area (Å²) >= 11 is 5.95. The normalized spacial score (nSPS) is 10.0. The first-order valence-corrected chi connectivity index (χ1v) is 7.54. The number of amides is 2. The molecule has 5 nitrogen and oxygen atoms in total. The van der Waals surface area contributed by atoms with E-state index in [-0.39, 0.29) is 18.2 Å². The Hall–Kier alpha value is -1.75. The Morgan fingerprint density at radius 3 is 2.57 bits per heavy atom. The van der Waals surface area contributed by atoms with E-state index in [2.05, 4.69) is 22.9 Å². The fourth-order valence-electron chi connectivity index (χ4n) is 1.79. The van der Waals surface area contributed by atoms with Gasteiger partial charge in [-0.05, 0) is 31.5 Å². The molecule has 0 heterocycles. The van der Waals surface area contributed by atoms with Crippen LogP contribution < -0.4 is 16.0 Å². The molecule has 0 bridgehead atoms. The van der Waals surface area contributed by atoms with Crippen molar-refractivity contribution >= 4 is 29.1 Å². The largest absolute Gasteiger partial charge is 0.384 e. The fraction of sp³-hybridized carbons (Fsp3) is 0.467. The highest BCUT2D eigenvalue weighted by Gasteiger charge is 2.12. The molecule has 2 amide bonds. The Morgan fingerprint density at radius 2 is 1.90 bits per heavy atom. The van der Waals surface area contributed by atoms with Gasteiger partial charge in [0.2, 0.25) is 5.91 Å². The Morgan fingerprint density at radius 1 is 1.14 bits per heavy atom. The molecule has 0 radical (unpaired) electrons. The minimum Gasteiger partial charge on any atom is -0.384 e. The summed E-state index contributed by atoms with van der Waals surface area (Å²) < 4.78 is 0. The number of benzene rings is 1. The standard InChI is InChI=1S/C15H22ClN3O2/c1-3-8-18-13-6-5-11(16)10-12(13)15(21)19-9-7-14(20)17-4-2/h5-6,10,18H,3-4,7-9H2,1-2H3,(H,17,20)(H,19,21). The van der Waals surface area contributed by atoms with E-state index in [1.54, 1.807) is 18.2 Å². The first-order valence-electron chi connectivity index (χ1n) is 7.16. The van der Waals surface area contributed by atoms with E-state index in [4.69, 9.17) is 11.6 Å². The van der Waals surface area contributed by atoms with Gasteiger partial charge in [0.15, 0.2) is 0 Å². The van der Waals surface area contributed by atoms with Crippen molar-refractivity contribution in [2.24, 2.45) is 0 Å². The van der Waals surface area contributed by atoms with Crippen molar-refractivity contribution in [3.8, 4) is 0 Å². The Kier molecular flexibility index (Phi) is 7.61. The van der Waals surface area contributed by atoms with Crippen LogP contribution in [0.15, 0.2) is 18.2 Å². The third-order valence-electron chi connectivity index (χ3n) is 2.80. The van der Waals surface area contributed by atoms with Crippen LogP contribution in [0.4, 0.5) is 5.69 Å². The summed E-state index contributed by atoms with van der Waals surface area (Å²) in [6.45, 7) is 5.57. The highest BCUT2D eigenvalue weighted by atomic mass is 35.5. The number of carbonyl (C=O) groups is 2. The van der Waals surface area contributed by atoms with Gasteiger partial charge >= 0.3 is 0 Å². The maximum absolute atomic E-state index is 12.2. The zero-order chi connectivity index (χ0) is 15.7. The van der Waals surface area contributed by atoms with Crippen LogP contribution in [0.25, 0.3) is 0 Å². The molecule has 3 N–H and O–H groups in total. The first-order chi connectivity index (χ1) is 10.1. The van der Waals surface area contributed by atoms with E-state index in [1.165, 1.54) is 0 Å². The second-order valence-electron chi connectivity index (χ2n) is 4.58. The summed E-state index contributed by atoms with van der Waals surface area (Å²) in [5.74, 6) is -0.311. The van der Waals surface area contributed by atoms with E-state index in [0.29, 0.717) is 23.7 Å². The predicted octanol–water partition coefficient (Wildman–Crippen LogP) is 2.42. The molecule has 0 atom stereocenters. The minimum atomic E-state index is -0.236. The summed E-state index contributed by atoms with van der Waals surface area (Å²) in [6.07, 6.45) is 1.22.